The summed E-state index contributed by atoms with van der Waals surface area (Å²) in [5.74, 6) is 0. The van der Waals surface area contributed by atoms with Gasteiger partial charge in [0.05, 0.1) is 0 Å². The number of hydrogen-bond acceptors (Lipinski definition) is 1. The van der Waals surface area contributed by atoms with Crippen molar-refractivity contribution in [3.63, 3.8) is 0 Å². The average molecular weight is 343 g/mol. The molecule has 0 aliphatic heterocycles. The van der Waals surface area contributed by atoms with E-state index in [4.69, 9.17) is 0 Å². The minimum atomic E-state index is 1.11. The molecule has 0 saturated carbocycles. The van der Waals surface area contributed by atoms with Crippen molar-refractivity contribution < 1.29 is 0 Å². The maximum absolute atomic E-state index is 3.57. The number of fused-ring (bicyclic) bond motifs is 2. The number of para-hydroxylation sites is 1. The van der Waals surface area contributed by atoms with Crippen LogP contribution in [0, 0.1) is 0 Å². The molecule has 1 N–H and O–H groups in total. The minimum absolute atomic E-state index is 1.11. The van der Waals surface area contributed by atoms with Crippen molar-refractivity contribution >= 4 is 54.5 Å². The topological polar surface area (TPSA) is 12.0 Å². The second kappa shape index (κ2) is 5.46. The van der Waals surface area contributed by atoms with Crippen molar-refractivity contribution in [1.82, 2.24) is 0 Å². The van der Waals surface area contributed by atoms with Gasteiger partial charge in [0, 0.05) is 11.4 Å². The van der Waals surface area contributed by atoms with Gasteiger partial charge in [-0.3, -0.25) is 0 Å². The molecule has 0 aromatic heterocycles. The first-order valence-electron chi connectivity index (χ1n) is 9.30. The molecule has 0 saturated heterocycles. The largest absolute Gasteiger partial charge is 0.355 e. The molecule has 0 radical (unpaired) electrons. The molecule has 6 aromatic carbocycles. The SMILES string of the molecule is c1ccc(Nc2cc3cccc4c5cccc6cccc(c(c2)c34)c65)cc1. The fraction of sp³-hybridized carbons (Fsp3) is 0. The van der Waals surface area contributed by atoms with Crippen molar-refractivity contribution in [1.29, 1.82) is 0 Å². The molecule has 0 aliphatic carbocycles. The quantitative estimate of drug-likeness (QED) is 0.254. The predicted molar refractivity (Wildman–Crippen MR) is 117 cm³/mol. The summed E-state index contributed by atoms with van der Waals surface area (Å²) in [6.07, 6.45) is 0. The molecule has 126 valence electrons. The van der Waals surface area contributed by atoms with Crippen LogP contribution in [0.25, 0.3) is 43.1 Å². The van der Waals surface area contributed by atoms with E-state index in [1.165, 1.54) is 43.1 Å². The van der Waals surface area contributed by atoms with E-state index in [0.717, 1.165) is 11.4 Å². The number of anilines is 2. The fourth-order valence-electron chi connectivity index (χ4n) is 4.41. The molecular formula is C26H17N. The first kappa shape index (κ1) is 14.6. The Balaban J connectivity index is 1.76. The highest BCUT2D eigenvalue weighted by atomic mass is 14.9. The lowest BCUT2D eigenvalue weighted by molar-refractivity contribution is 1.58. The Bertz CT molecular complexity index is 1430. The summed E-state index contributed by atoms with van der Waals surface area (Å²) in [4.78, 5) is 0. The zero-order valence-electron chi connectivity index (χ0n) is 14.7. The van der Waals surface area contributed by atoms with Crippen LogP contribution in [0.3, 0.4) is 0 Å². The van der Waals surface area contributed by atoms with Gasteiger partial charge in [-0.15, -0.1) is 0 Å². The number of rotatable bonds is 2. The van der Waals surface area contributed by atoms with Gasteiger partial charge in [0.2, 0.25) is 0 Å². The molecule has 0 unspecified atom stereocenters. The Kier molecular flexibility index (Phi) is 2.95. The van der Waals surface area contributed by atoms with E-state index in [9.17, 15) is 0 Å². The Morgan fingerprint density at radius 2 is 1.00 bits per heavy atom. The smallest absolute Gasteiger partial charge is 0.0396 e. The van der Waals surface area contributed by atoms with Gasteiger partial charge in [0.15, 0.2) is 0 Å². The van der Waals surface area contributed by atoms with Crippen LogP contribution in [0.5, 0.6) is 0 Å². The Morgan fingerprint density at radius 1 is 0.407 bits per heavy atom. The van der Waals surface area contributed by atoms with Crippen LogP contribution in [0.2, 0.25) is 0 Å². The van der Waals surface area contributed by atoms with Gasteiger partial charge < -0.3 is 5.32 Å². The summed E-state index contributed by atoms with van der Waals surface area (Å²) < 4.78 is 0. The van der Waals surface area contributed by atoms with E-state index >= 15 is 0 Å². The molecule has 0 aliphatic rings. The molecule has 0 amide bonds. The van der Waals surface area contributed by atoms with E-state index in [1.807, 2.05) is 6.07 Å². The zero-order valence-corrected chi connectivity index (χ0v) is 14.7. The van der Waals surface area contributed by atoms with Crippen LogP contribution in [0.15, 0.2) is 97.1 Å². The number of hydrogen-bond donors (Lipinski definition) is 1. The highest BCUT2D eigenvalue weighted by Crippen LogP contribution is 2.41. The van der Waals surface area contributed by atoms with E-state index in [0.29, 0.717) is 0 Å². The Hall–Kier alpha value is -3.58. The molecule has 0 bridgehead atoms. The summed E-state index contributed by atoms with van der Waals surface area (Å²) in [5.41, 5.74) is 2.23. The summed E-state index contributed by atoms with van der Waals surface area (Å²) in [7, 11) is 0. The van der Waals surface area contributed by atoms with Gasteiger partial charge in [-0.2, -0.15) is 0 Å². The van der Waals surface area contributed by atoms with Gasteiger partial charge in [0.25, 0.3) is 0 Å². The second-order valence-electron chi connectivity index (χ2n) is 7.13. The van der Waals surface area contributed by atoms with Gasteiger partial charge in [0.1, 0.15) is 0 Å². The third-order valence-electron chi connectivity index (χ3n) is 5.52. The summed E-state index contributed by atoms with van der Waals surface area (Å²) in [6.45, 7) is 0. The first-order chi connectivity index (χ1) is 13.4. The molecule has 0 fully saturated rings. The summed E-state index contributed by atoms with van der Waals surface area (Å²) in [5, 5.41) is 14.2. The lowest BCUT2D eigenvalue weighted by Gasteiger charge is -2.16. The third kappa shape index (κ3) is 2.12. The van der Waals surface area contributed by atoms with Crippen LogP contribution in [0.1, 0.15) is 0 Å². The van der Waals surface area contributed by atoms with Crippen molar-refractivity contribution in [2.45, 2.75) is 0 Å². The molecular weight excluding hydrogens is 326 g/mol. The normalized spacial score (nSPS) is 11.7. The van der Waals surface area contributed by atoms with E-state index < -0.39 is 0 Å². The third-order valence-corrected chi connectivity index (χ3v) is 5.52. The molecule has 1 heteroatoms. The number of nitrogens with one attached hydrogen (secondary N) is 1. The molecule has 27 heavy (non-hydrogen) atoms. The maximum atomic E-state index is 3.57. The van der Waals surface area contributed by atoms with E-state index in [-0.39, 0.29) is 0 Å². The molecule has 1 nitrogen and oxygen atoms in total. The van der Waals surface area contributed by atoms with Gasteiger partial charge in [-0.1, -0.05) is 72.8 Å². The zero-order chi connectivity index (χ0) is 17.8. The van der Waals surface area contributed by atoms with Crippen LogP contribution < -0.4 is 5.32 Å². The van der Waals surface area contributed by atoms with Crippen LogP contribution in [0.4, 0.5) is 11.4 Å². The number of benzene rings is 6. The van der Waals surface area contributed by atoms with Crippen molar-refractivity contribution in [3.8, 4) is 0 Å². The maximum Gasteiger partial charge on any atom is 0.0396 e. The highest BCUT2D eigenvalue weighted by molar-refractivity contribution is 6.33. The average Bonchev–Trinajstić information content (AvgIpc) is 2.72. The van der Waals surface area contributed by atoms with Crippen LogP contribution in [-0.2, 0) is 0 Å². The van der Waals surface area contributed by atoms with Crippen molar-refractivity contribution in [3.05, 3.63) is 97.1 Å². The van der Waals surface area contributed by atoms with E-state index in [2.05, 4.69) is 96.3 Å². The first-order valence-corrected chi connectivity index (χ1v) is 9.30. The van der Waals surface area contributed by atoms with Gasteiger partial charge in [-0.05, 0) is 67.4 Å². The Labute approximate surface area is 157 Å². The molecule has 0 heterocycles. The molecule has 0 atom stereocenters. The van der Waals surface area contributed by atoms with Crippen LogP contribution >= 0.6 is 0 Å². The van der Waals surface area contributed by atoms with E-state index in [1.54, 1.807) is 0 Å². The van der Waals surface area contributed by atoms with Gasteiger partial charge >= 0.3 is 0 Å². The van der Waals surface area contributed by atoms with Crippen LogP contribution in [-0.4, -0.2) is 0 Å². The minimum Gasteiger partial charge on any atom is -0.355 e. The summed E-state index contributed by atoms with van der Waals surface area (Å²) >= 11 is 0. The highest BCUT2D eigenvalue weighted by Gasteiger charge is 2.13. The fourth-order valence-corrected chi connectivity index (χ4v) is 4.41. The molecule has 6 rings (SSSR count). The lowest BCUT2D eigenvalue weighted by Crippen LogP contribution is -1.92. The molecule has 0 spiro atoms. The lowest BCUT2D eigenvalue weighted by atomic mass is 9.89. The van der Waals surface area contributed by atoms with Crippen molar-refractivity contribution in [2.24, 2.45) is 0 Å². The van der Waals surface area contributed by atoms with Gasteiger partial charge in [-0.25, -0.2) is 0 Å². The Morgan fingerprint density at radius 3 is 1.70 bits per heavy atom. The summed E-state index contributed by atoms with van der Waals surface area (Å²) in [6, 6.07) is 34.8. The van der Waals surface area contributed by atoms with Crippen molar-refractivity contribution in [2.75, 3.05) is 5.32 Å². The molecule has 6 aromatic rings. The standard InChI is InChI=1S/C26H17N/c1-2-10-19(11-3-1)27-20-15-18-9-6-13-22-21-12-4-7-17-8-5-14-23(25(17)21)24(16-20)26(18)22/h1-16,27H. The monoisotopic (exact) mass is 343 g/mol. The predicted octanol–water partition coefficient (Wildman–Crippen LogP) is 7.48. The second-order valence-corrected chi connectivity index (χ2v) is 7.13.